The predicted octanol–water partition coefficient (Wildman–Crippen LogP) is 3.65. The summed E-state index contributed by atoms with van der Waals surface area (Å²) in [6, 6.07) is 4.31. The van der Waals surface area contributed by atoms with Crippen molar-refractivity contribution in [1.82, 2.24) is 4.98 Å². The van der Waals surface area contributed by atoms with Gasteiger partial charge in [0.1, 0.15) is 0 Å². The number of piperidine rings is 1. The van der Waals surface area contributed by atoms with Crippen molar-refractivity contribution < 1.29 is 0 Å². The molecule has 0 N–H and O–H groups in total. The fraction of sp³-hybridized carbons (Fsp3) is 0.667. The Morgan fingerprint density at radius 2 is 2.00 bits per heavy atom. The van der Waals surface area contributed by atoms with E-state index in [9.17, 15) is 0 Å². The number of pyridine rings is 1. The second-order valence-corrected chi connectivity index (χ2v) is 5.72. The quantitative estimate of drug-likeness (QED) is 0.790. The molecular formula is C15H24N2. The molecule has 1 aromatic heterocycles. The molecule has 1 fully saturated rings. The molecule has 0 aliphatic carbocycles. The minimum atomic E-state index is 0.840. The second-order valence-electron chi connectivity index (χ2n) is 5.72. The van der Waals surface area contributed by atoms with Gasteiger partial charge in [-0.2, -0.15) is 0 Å². The van der Waals surface area contributed by atoms with E-state index in [1.807, 2.05) is 13.1 Å². The molecule has 1 aromatic rings. The highest BCUT2D eigenvalue weighted by Crippen LogP contribution is 2.26. The Labute approximate surface area is 105 Å². The van der Waals surface area contributed by atoms with E-state index in [1.165, 1.54) is 38.0 Å². The van der Waals surface area contributed by atoms with Gasteiger partial charge < -0.3 is 4.90 Å². The molecule has 0 saturated carbocycles. The van der Waals surface area contributed by atoms with Gasteiger partial charge >= 0.3 is 0 Å². The average Bonchev–Trinajstić information content (AvgIpc) is 2.30. The van der Waals surface area contributed by atoms with Gasteiger partial charge in [-0.05, 0) is 50.2 Å². The van der Waals surface area contributed by atoms with Crippen LogP contribution in [0.2, 0.25) is 0 Å². The third-order valence-electron chi connectivity index (χ3n) is 3.68. The number of aromatic nitrogens is 1. The Bertz CT molecular complexity index is 334. The highest BCUT2D eigenvalue weighted by molar-refractivity contribution is 5.44. The monoisotopic (exact) mass is 232 g/mol. The van der Waals surface area contributed by atoms with Gasteiger partial charge in [-0.3, -0.25) is 4.98 Å². The Kier molecular flexibility index (Phi) is 4.03. The zero-order valence-corrected chi connectivity index (χ0v) is 11.3. The van der Waals surface area contributed by atoms with Crippen LogP contribution in [0.25, 0.3) is 0 Å². The molecule has 2 rings (SSSR count). The van der Waals surface area contributed by atoms with Crippen LogP contribution in [0, 0.1) is 18.8 Å². The van der Waals surface area contributed by atoms with Gasteiger partial charge in [-0.1, -0.05) is 13.8 Å². The Morgan fingerprint density at radius 3 is 2.53 bits per heavy atom. The number of rotatable bonds is 3. The van der Waals surface area contributed by atoms with Crippen LogP contribution in [0.15, 0.2) is 18.3 Å². The van der Waals surface area contributed by atoms with E-state index in [4.69, 9.17) is 0 Å². The van der Waals surface area contributed by atoms with Gasteiger partial charge in [0.15, 0.2) is 0 Å². The van der Waals surface area contributed by atoms with Crippen LogP contribution in [0.5, 0.6) is 0 Å². The van der Waals surface area contributed by atoms with Crippen LogP contribution in [0.4, 0.5) is 5.69 Å². The number of hydrogen-bond donors (Lipinski definition) is 0. The number of nitrogens with zero attached hydrogens (tertiary/aromatic N) is 2. The normalized spacial score (nSPS) is 17.8. The van der Waals surface area contributed by atoms with Gasteiger partial charge in [0.25, 0.3) is 0 Å². The zero-order valence-electron chi connectivity index (χ0n) is 11.3. The Hall–Kier alpha value is -1.05. The number of hydrogen-bond acceptors (Lipinski definition) is 2. The van der Waals surface area contributed by atoms with Crippen molar-refractivity contribution in [3.8, 4) is 0 Å². The second kappa shape index (κ2) is 5.52. The van der Waals surface area contributed by atoms with Crippen molar-refractivity contribution in [1.29, 1.82) is 0 Å². The van der Waals surface area contributed by atoms with Crippen LogP contribution in [0.3, 0.4) is 0 Å². The first-order valence-corrected chi connectivity index (χ1v) is 6.82. The van der Waals surface area contributed by atoms with E-state index in [0.29, 0.717) is 0 Å². The molecule has 0 unspecified atom stereocenters. The molecule has 0 spiro atoms. The van der Waals surface area contributed by atoms with Gasteiger partial charge in [0, 0.05) is 18.8 Å². The molecule has 0 amide bonds. The molecule has 1 aliphatic heterocycles. The van der Waals surface area contributed by atoms with Gasteiger partial charge in [-0.15, -0.1) is 0 Å². The highest BCUT2D eigenvalue weighted by atomic mass is 15.1. The van der Waals surface area contributed by atoms with Crippen molar-refractivity contribution >= 4 is 5.69 Å². The van der Waals surface area contributed by atoms with Crippen molar-refractivity contribution in [2.24, 2.45) is 11.8 Å². The van der Waals surface area contributed by atoms with Crippen LogP contribution in [0.1, 0.15) is 38.8 Å². The minimum absolute atomic E-state index is 0.840. The van der Waals surface area contributed by atoms with E-state index in [1.54, 1.807) is 0 Å². The predicted molar refractivity (Wildman–Crippen MR) is 73.4 cm³/mol. The summed E-state index contributed by atoms with van der Waals surface area (Å²) in [5.41, 5.74) is 2.39. The molecule has 1 aliphatic rings. The smallest absolute Gasteiger partial charge is 0.0552 e. The van der Waals surface area contributed by atoms with Crippen LogP contribution < -0.4 is 4.90 Å². The van der Waals surface area contributed by atoms with Crippen molar-refractivity contribution in [3.05, 3.63) is 24.0 Å². The largest absolute Gasteiger partial charge is 0.370 e. The van der Waals surface area contributed by atoms with Gasteiger partial charge in [0.05, 0.1) is 11.9 Å². The summed E-state index contributed by atoms with van der Waals surface area (Å²) in [5, 5.41) is 0. The summed E-state index contributed by atoms with van der Waals surface area (Å²) in [7, 11) is 0. The maximum atomic E-state index is 4.38. The molecule has 2 heteroatoms. The lowest BCUT2D eigenvalue weighted by molar-refractivity contribution is 0.338. The van der Waals surface area contributed by atoms with Crippen LogP contribution in [-0.4, -0.2) is 18.1 Å². The van der Waals surface area contributed by atoms with Crippen LogP contribution in [-0.2, 0) is 0 Å². The molecule has 0 bridgehead atoms. The molecule has 94 valence electrons. The lowest BCUT2D eigenvalue weighted by Gasteiger charge is -2.34. The average molecular weight is 232 g/mol. The molecule has 0 radical (unpaired) electrons. The maximum absolute atomic E-state index is 4.38. The fourth-order valence-corrected chi connectivity index (χ4v) is 2.74. The van der Waals surface area contributed by atoms with E-state index < -0.39 is 0 Å². The fourth-order valence-electron chi connectivity index (χ4n) is 2.74. The van der Waals surface area contributed by atoms with E-state index >= 15 is 0 Å². The first-order valence-electron chi connectivity index (χ1n) is 6.82. The SMILES string of the molecule is Cc1ccc(N2CCC(CC(C)C)CC2)cn1. The van der Waals surface area contributed by atoms with E-state index in [-0.39, 0.29) is 0 Å². The summed E-state index contributed by atoms with van der Waals surface area (Å²) in [6.07, 6.45) is 6.08. The van der Waals surface area contributed by atoms with E-state index in [2.05, 4.69) is 35.9 Å². The third-order valence-corrected chi connectivity index (χ3v) is 3.68. The molecule has 1 saturated heterocycles. The summed E-state index contributed by atoms with van der Waals surface area (Å²) >= 11 is 0. The lowest BCUT2D eigenvalue weighted by atomic mass is 9.88. The summed E-state index contributed by atoms with van der Waals surface area (Å²) in [5.74, 6) is 1.78. The standard InChI is InChI=1S/C15H24N2/c1-12(2)10-14-6-8-17(9-7-14)15-5-4-13(3)16-11-15/h4-5,11-12,14H,6-10H2,1-3H3. The third kappa shape index (κ3) is 3.45. The van der Waals surface area contributed by atoms with Crippen LogP contribution >= 0.6 is 0 Å². The maximum Gasteiger partial charge on any atom is 0.0552 e. The Balaban J connectivity index is 1.88. The molecule has 2 heterocycles. The molecule has 0 aromatic carbocycles. The topological polar surface area (TPSA) is 16.1 Å². The summed E-state index contributed by atoms with van der Waals surface area (Å²) < 4.78 is 0. The molecular weight excluding hydrogens is 208 g/mol. The number of aryl methyl sites for hydroxylation is 1. The lowest BCUT2D eigenvalue weighted by Crippen LogP contribution is -2.34. The number of anilines is 1. The first kappa shape index (κ1) is 12.4. The minimum Gasteiger partial charge on any atom is -0.370 e. The first-order chi connectivity index (χ1) is 8.15. The Morgan fingerprint density at radius 1 is 1.29 bits per heavy atom. The molecule has 17 heavy (non-hydrogen) atoms. The van der Waals surface area contributed by atoms with Gasteiger partial charge in [-0.25, -0.2) is 0 Å². The van der Waals surface area contributed by atoms with E-state index in [0.717, 1.165) is 17.5 Å². The summed E-state index contributed by atoms with van der Waals surface area (Å²) in [4.78, 5) is 6.86. The van der Waals surface area contributed by atoms with Gasteiger partial charge in [0.2, 0.25) is 0 Å². The van der Waals surface area contributed by atoms with Crippen molar-refractivity contribution in [3.63, 3.8) is 0 Å². The highest BCUT2D eigenvalue weighted by Gasteiger charge is 2.20. The molecule has 2 nitrogen and oxygen atoms in total. The zero-order chi connectivity index (χ0) is 12.3. The van der Waals surface area contributed by atoms with Crippen molar-refractivity contribution in [2.45, 2.75) is 40.0 Å². The summed E-state index contributed by atoms with van der Waals surface area (Å²) in [6.45, 7) is 9.09. The van der Waals surface area contributed by atoms with Crippen molar-refractivity contribution in [2.75, 3.05) is 18.0 Å². The molecule has 0 atom stereocenters.